The summed E-state index contributed by atoms with van der Waals surface area (Å²) in [5.74, 6) is -0.459. The maximum atomic E-state index is 13.5. The van der Waals surface area contributed by atoms with Crippen molar-refractivity contribution in [3.8, 4) is 5.75 Å². The number of carbonyl (C=O) groups is 1. The Balaban J connectivity index is 1.62. The van der Waals surface area contributed by atoms with Crippen LogP contribution in [0.4, 0.5) is 4.39 Å². The second-order valence-corrected chi connectivity index (χ2v) is 5.82. The van der Waals surface area contributed by atoms with Crippen molar-refractivity contribution < 1.29 is 13.9 Å². The SMILES string of the molecule is CN(CCOc1ccccc1F)C(=O)Cc1n[nH]c(=O)c2ccccc12. The lowest BCUT2D eigenvalue weighted by molar-refractivity contribution is -0.129. The summed E-state index contributed by atoms with van der Waals surface area (Å²) in [5, 5.41) is 7.57. The minimum atomic E-state index is -0.439. The molecule has 0 aliphatic carbocycles. The van der Waals surface area contributed by atoms with Crippen LogP contribution >= 0.6 is 0 Å². The molecule has 1 aromatic heterocycles. The molecule has 7 heteroatoms. The van der Waals surface area contributed by atoms with Crippen LogP contribution in [0.15, 0.2) is 53.3 Å². The molecule has 0 saturated heterocycles. The summed E-state index contributed by atoms with van der Waals surface area (Å²) in [6.45, 7) is 0.470. The van der Waals surface area contributed by atoms with Crippen molar-refractivity contribution in [3.05, 3.63) is 70.4 Å². The number of carbonyl (C=O) groups excluding carboxylic acids is 1. The van der Waals surface area contributed by atoms with E-state index in [1.54, 1.807) is 43.4 Å². The van der Waals surface area contributed by atoms with E-state index in [0.717, 1.165) is 0 Å². The number of aromatic nitrogens is 2. The standard InChI is InChI=1S/C19H18FN3O3/c1-23(10-11-26-17-9-5-4-8-15(17)20)18(24)12-16-13-6-2-3-7-14(13)19(25)22-21-16/h2-9H,10-12H2,1H3,(H,22,25). The molecule has 0 unspecified atom stereocenters. The lowest BCUT2D eigenvalue weighted by Gasteiger charge is -2.17. The van der Waals surface area contributed by atoms with Crippen molar-refractivity contribution in [1.82, 2.24) is 15.1 Å². The molecular weight excluding hydrogens is 337 g/mol. The fraction of sp³-hybridized carbons (Fsp3) is 0.211. The molecule has 1 amide bonds. The number of amides is 1. The summed E-state index contributed by atoms with van der Waals surface area (Å²) in [6.07, 6.45) is 0.0491. The normalized spacial score (nSPS) is 10.7. The largest absolute Gasteiger partial charge is 0.489 e. The van der Waals surface area contributed by atoms with Crippen LogP contribution in [0.2, 0.25) is 0 Å². The van der Waals surface area contributed by atoms with Gasteiger partial charge in [0.15, 0.2) is 11.6 Å². The van der Waals surface area contributed by atoms with Gasteiger partial charge in [0.25, 0.3) is 5.56 Å². The van der Waals surface area contributed by atoms with Gasteiger partial charge in [0, 0.05) is 12.4 Å². The molecule has 0 radical (unpaired) electrons. The van der Waals surface area contributed by atoms with Gasteiger partial charge in [0.2, 0.25) is 5.91 Å². The van der Waals surface area contributed by atoms with Gasteiger partial charge in [-0.05, 0) is 18.2 Å². The fourth-order valence-electron chi connectivity index (χ4n) is 2.56. The average Bonchev–Trinajstić information content (AvgIpc) is 2.65. The third-order valence-electron chi connectivity index (χ3n) is 4.04. The topological polar surface area (TPSA) is 75.3 Å². The van der Waals surface area contributed by atoms with Gasteiger partial charge in [-0.2, -0.15) is 5.10 Å². The zero-order valence-electron chi connectivity index (χ0n) is 14.2. The third-order valence-corrected chi connectivity index (χ3v) is 4.04. The zero-order valence-corrected chi connectivity index (χ0v) is 14.2. The van der Waals surface area contributed by atoms with Crippen molar-refractivity contribution in [1.29, 1.82) is 0 Å². The molecule has 6 nitrogen and oxygen atoms in total. The number of nitrogens with one attached hydrogen (secondary N) is 1. The number of hydrogen-bond acceptors (Lipinski definition) is 4. The second kappa shape index (κ2) is 7.77. The number of likely N-dealkylation sites (N-methyl/N-ethyl adjacent to an activating group) is 1. The quantitative estimate of drug-likeness (QED) is 0.735. The van der Waals surface area contributed by atoms with Gasteiger partial charge < -0.3 is 9.64 Å². The molecule has 1 heterocycles. The van der Waals surface area contributed by atoms with Gasteiger partial charge in [-0.3, -0.25) is 9.59 Å². The van der Waals surface area contributed by atoms with Crippen LogP contribution in [0.3, 0.4) is 0 Å². The summed E-state index contributed by atoms with van der Waals surface area (Å²) in [6, 6.07) is 13.1. The van der Waals surface area contributed by atoms with Crippen molar-refractivity contribution >= 4 is 16.7 Å². The Hall–Kier alpha value is -3.22. The van der Waals surface area contributed by atoms with Crippen LogP contribution in [0.5, 0.6) is 5.75 Å². The van der Waals surface area contributed by atoms with Crippen LogP contribution in [-0.2, 0) is 11.2 Å². The fourth-order valence-corrected chi connectivity index (χ4v) is 2.56. The van der Waals surface area contributed by atoms with E-state index >= 15 is 0 Å². The Morgan fingerprint density at radius 1 is 1.15 bits per heavy atom. The van der Waals surface area contributed by atoms with Gasteiger partial charge in [0.05, 0.1) is 24.0 Å². The molecular formula is C19H18FN3O3. The summed E-state index contributed by atoms with van der Waals surface area (Å²) < 4.78 is 18.9. The smallest absolute Gasteiger partial charge is 0.272 e. The molecule has 0 bridgehead atoms. The van der Waals surface area contributed by atoms with E-state index in [9.17, 15) is 14.0 Å². The molecule has 1 N–H and O–H groups in total. The van der Waals surface area contributed by atoms with E-state index in [2.05, 4.69) is 10.2 Å². The molecule has 0 spiro atoms. The number of benzene rings is 2. The Kier molecular flexibility index (Phi) is 5.26. The first-order valence-electron chi connectivity index (χ1n) is 8.14. The molecule has 0 saturated carbocycles. The van der Waals surface area contributed by atoms with Crippen LogP contribution < -0.4 is 10.3 Å². The highest BCUT2D eigenvalue weighted by atomic mass is 19.1. The lowest BCUT2D eigenvalue weighted by atomic mass is 10.1. The van der Waals surface area contributed by atoms with Crippen molar-refractivity contribution in [2.45, 2.75) is 6.42 Å². The number of halogens is 1. The minimum Gasteiger partial charge on any atom is -0.489 e. The Labute approximate surface area is 149 Å². The molecule has 3 rings (SSSR count). The minimum absolute atomic E-state index is 0.0491. The van der Waals surface area contributed by atoms with Gasteiger partial charge in [-0.1, -0.05) is 30.3 Å². The highest BCUT2D eigenvalue weighted by Crippen LogP contribution is 2.15. The van der Waals surface area contributed by atoms with Crippen molar-refractivity contribution in [2.24, 2.45) is 0 Å². The highest BCUT2D eigenvalue weighted by Gasteiger charge is 2.14. The Bertz CT molecular complexity index is 987. The first-order valence-corrected chi connectivity index (χ1v) is 8.14. The molecule has 0 aliphatic rings. The van der Waals surface area contributed by atoms with Crippen LogP contribution in [0.1, 0.15) is 5.69 Å². The molecule has 0 aliphatic heterocycles. The Morgan fingerprint density at radius 3 is 2.62 bits per heavy atom. The Morgan fingerprint density at radius 2 is 1.85 bits per heavy atom. The maximum absolute atomic E-state index is 13.5. The van der Waals surface area contributed by atoms with E-state index in [0.29, 0.717) is 23.0 Å². The average molecular weight is 355 g/mol. The van der Waals surface area contributed by atoms with Gasteiger partial charge in [0.1, 0.15) is 6.61 Å². The second-order valence-electron chi connectivity index (χ2n) is 5.82. The van der Waals surface area contributed by atoms with E-state index in [1.165, 1.54) is 17.0 Å². The molecule has 0 atom stereocenters. The number of H-pyrrole nitrogens is 1. The first kappa shape index (κ1) is 17.6. The molecule has 2 aromatic carbocycles. The number of rotatable bonds is 6. The maximum Gasteiger partial charge on any atom is 0.272 e. The number of ether oxygens (including phenoxy) is 1. The summed E-state index contributed by atoms with van der Waals surface area (Å²) in [7, 11) is 1.64. The third kappa shape index (κ3) is 3.88. The first-order chi connectivity index (χ1) is 12.6. The number of fused-ring (bicyclic) bond motifs is 1. The molecule has 3 aromatic rings. The van der Waals surface area contributed by atoms with Crippen LogP contribution in [0.25, 0.3) is 10.8 Å². The number of hydrogen-bond donors (Lipinski definition) is 1. The van der Waals surface area contributed by atoms with E-state index in [4.69, 9.17) is 4.74 Å². The molecule has 134 valence electrons. The van der Waals surface area contributed by atoms with Crippen LogP contribution in [0, 0.1) is 5.82 Å². The van der Waals surface area contributed by atoms with E-state index in [1.807, 2.05) is 0 Å². The van der Waals surface area contributed by atoms with Gasteiger partial charge in [-0.25, -0.2) is 9.49 Å². The van der Waals surface area contributed by atoms with E-state index in [-0.39, 0.29) is 30.2 Å². The summed E-state index contributed by atoms with van der Waals surface area (Å²) in [4.78, 5) is 25.7. The van der Waals surface area contributed by atoms with E-state index < -0.39 is 5.82 Å². The van der Waals surface area contributed by atoms with Crippen molar-refractivity contribution in [3.63, 3.8) is 0 Å². The van der Waals surface area contributed by atoms with Gasteiger partial charge in [-0.15, -0.1) is 0 Å². The highest BCUT2D eigenvalue weighted by molar-refractivity contribution is 5.88. The number of para-hydroxylation sites is 1. The summed E-state index contributed by atoms with van der Waals surface area (Å²) in [5.41, 5.74) is 0.218. The molecule has 26 heavy (non-hydrogen) atoms. The van der Waals surface area contributed by atoms with Gasteiger partial charge >= 0.3 is 0 Å². The monoisotopic (exact) mass is 355 g/mol. The predicted octanol–water partition coefficient (Wildman–Crippen LogP) is 2.14. The van der Waals surface area contributed by atoms with Crippen LogP contribution in [-0.4, -0.2) is 41.2 Å². The number of aromatic amines is 1. The zero-order chi connectivity index (χ0) is 18.5. The lowest BCUT2D eigenvalue weighted by Crippen LogP contribution is -2.32. The summed E-state index contributed by atoms with van der Waals surface area (Å²) >= 11 is 0. The number of nitrogens with zero attached hydrogens (tertiary/aromatic N) is 2. The molecule has 0 fully saturated rings. The van der Waals surface area contributed by atoms with Crippen molar-refractivity contribution in [2.75, 3.05) is 20.2 Å². The predicted molar refractivity (Wildman–Crippen MR) is 95.6 cm³/mol.